The number of ketones is 1. The van der Waals surface area contributed by atoms with Gasteiger partial charge in [-0.3, -0.25) is 9.78 Å². The van der Waals surface area contributed by atoms with Gasteiger partial charge in [-0.2, -0.15) is 0 Å². The van der Waals surface area contributed by atoms with E-state index in [1.165, 1.54) is 0 Å². The molecule has 1 aromatic heterocycles. The quantitative estimate of drug-likeness (QED) is 0.739. The Bertz CT molecular complexity index is 308. The van der Waals surface area contributed by atoms with Gasteiger partial charge >= 0.3 is 0 Å². The predicted molar refractivity (Wildman–Crippen MR) is 61.7 cm³/mol. The first-order chi connectivity index (χ1) is 7.16. The highest BCUT2D eigenvalue weighted by molar-refractivity contribution is 5.87. The Kier molecular flexibility index (Phi) is 4.47. The molecule has 1 heterocycles. The van der Waals surface area contributed by atoms with Gasteiger partial charge in [-0.25, -0.2) is 0 Å². The van der Waals surface area contributed by atoms with E-state index in [2.05, 4.69) is 11.9 Å². The summed E-state index contributed by atoms with van der Waals surface area (Å²) in [7, 11) is 0. The molecule has 0 saturated carbocycles. The molecule has 0 aliphatic carbocycles. The summed E-state index contributed by atoms with van der Waals surface area (Å²) < 4.78 is 0. The number of hydrogen-bond donors (Lipinski definition) is 0. The monoisotopic (exact) mass is 205 g/mol. The lowest BCUT2D eigenvalue weighted by Gasteiger charge is -2.15. The van der Waals surface area contributed by atoms with Crippen LogP contribution in [0.15, 0.2) is 24.5 Å². The molecule has 0 N–H and O–H groups in total. The van der Waals surface area contributed by atoms with E-state index >= 15 is 0 Å². The molecule has 0 unspecified atom stereocenters. The van der Waals surface area contributed by atoms with Crippen molar-refractivity contribution in [2.45, 2.75) is 39.5 Å². The first-order valence-electron chi connectivity index (χ1n) is 5.60. The number of hydrogen-bond acceptors (Lipinski definition) is 2. The summed E-state index contributed by atoms with van der Waals surface area (Å²) in [5.74, 6) is 0.496. The minimum atomic E-state index is -0.00505. The lowest BCUT2D eigenvalue weighted by atomic mass is 9.88. The molecule has 0 bridgehead atoms. The standard InChI is InChI=1S/C13H19NO/c1-4-5-10(2)13(15)11(3)12-6-8-14-9-7-12/h6-11H,4-5H2,1-3H3/t10-,11-/m0/s1. The van der Waals surface area contributed by atoms with Gasteiger partial charge in [0.1, 0.15) is 5.78 Å². The number of rotatable bonds is 5. The van der Waals surface area contributed by atoms with Crippen LogP contribution in [-0.4, -0.2) is 10.8 Å². The number of nitrogens with zero attached hydrogens (tertiary/aromatic N) is 1. The van der Waals surface area contributed by atoms with Gasteiger partial charge in [0, 0.05) is 24.2 Å². The largest absolute Gasteiger partial charge is 0.299 e. The second-order valence-electron chi connectivity index (χ2n) is 4.09. The normalized spacial score (nSPS) is 14.6. The van der Waals surface area contributed by atoms with E-state index < -0.39 is 0 Å². The van der Waals surface area contributed by atoms with Crippen molar-refractivity contribution in [1.29, 1.82) is 0 Å². The topological polar surface area (TPSA) is 30.0 Å². The average Bonchev–Trinajstić information content (AvgIpc) is 2.28. The maximum Gasteiger partial charge on any atom is 0.142 e. The van der Waals surface area contributed by atoms with Gasteiger partial charge in [0.15, 0.2) is 0 Å². The molecule has 0 saturated heterocycles. The summed E-state index contributed by atoms with van der Waals surface area (Å²) in [4.78, 5) is 16.0. The van der Waals surface area contributed by atoms with Gasteiger partial charge in [0.05, 0.1) is 0 Å². The lowest BCUT2D eigenvalue weighted by Crippen LogP contribution is -2.17. The fourth-order valence-electron chi connectivity index (χ4n) is 1.82. The fourth-order valence-corrected chi connectivity index (χ4v) is 1.82. The summed E-state index contributed by atoms with van der Waals surface area (Å²) >= 11 is 0. The number of carbonyl (C=O) groups excluding carboxylic acids is 1. The van der Waals surface area contributed by atoms with Crippen LogP contribution in [0.3, 0.4) is 0 Å². The average molecular weight is 205 g/mol. The van der Waals surface area contributed by atoms with E-state index in [1.807, 2.05) is 26.0 Å². The van der Waals surface area contributed by atoms with E-state index in [0.717, 1.165) is 18.4 Å². The van der Waals surface area contributed by atoms with Crippen LogP contribution in [-0.2, 0) is 4.79 Å². The summed E-state index contributed by atoms with van der Waals surface area (Å²) in [5, 5.41) is 0. The zero-order chi connectivity index (χ0) is 11.3. The van der Waals surface area contributed by atoms with Crippen LogP contribution in [0.4, 0.5) is 0 Å². The lowest BCUT2D eigenvalue weighted by molar-refractivity contribution is -0.123. The van der Waals surface area contributed by atoms with Crippen molar-refractivity contribution < 1.29 is 4.79 Å². The predicted octanol–water partition coefficient (Wildman–Crippen LogP) is 3.19. The maximum atomic E-state index is 12.0. The zero-order valence-corrected chi connectivity index (χ0v) is 9.73. The Morgan fingerprint density at radius 3 is 2.47 bits per heavy atom. The van der Waals surface area contributed by atoms with Crippen molar-refractivity contribution in [3.8, 4) is 0 Å². The van der Waals surface area contributed by atoms with Crippen LogP contribution >= 0.6 is 0 Å². The molecule has 15 heavy (non-hydrogen) atoms. The maximum absolute atomic E-state index is 12.0. The number of pyridine rings is 1. The molecule has 0 spiro atoms. The van der Waals surface area contributed by atoms with E-state index in [0.29, 0.717) is 5.78 Å². The van der Waals surface area contributed by atoms with Crippen molar-refractivity contribution in [1.82, 2.24) is 4.98 Å². The van der Waals surface area contributed by atoms with E-state index in [-0.39, 0.29) is 11.8 Å². The molecule has 0 aliphatic rings. The molecule has 2 atom stereocenters. The van der Waals surface area contributed by atoms with Crippen LogP contribution in [0, 0.1) is 5.92 Å². The first kappa shape index (κ1) is 11.9. The van der Waals surface area contributed by atoms with Gasteiger partial charge in [-0.1, -0.05) is 27.2 Å². The Balaban J connectivity index is 2.69. The molecule has 2 nitrogen and oxygen atoms in total. The van der Waals surface area contributed by atoms with Gasteiger partial charge in [-0.15, -0.1) is 0 Å². The van der Waals surface area contributed by atoms with Crippen LogP contribution in [0.1, 0.15) is 45.1 Å². The van der Waals surface area contributed by atoms with Crippen molar-refractivity contribution >= 4 is 5.78 Å². The van der Waals surface area contributed by atoms with Gasteiger partial charge in [0.2, 0.25) is 0 Å². The van der Waals surface area contributed by atoms with Crippen LogP contribution < -0.4 is 0 Å². The minimum Gasteiger partial charge on any atom is -0.299 e. The summed E-state index contributed by atoms with van der Waals surface area (Å²) in [6.07, 6.45) is 5.53. The van der Waals surface area contributed by atoms with Crippen LogP contribution in [0.5, 0.6) is 0 Å². The smallest absolute Gasteiger partial charge is 0.142 e. The number of aromatic nitrogens is 1. The summed E-state index contributed by atoms with van der Waals surface area (Å²) in [6.45, 7) is 6.11. The van der Waals surface area contributed by atoms with Gasteiger partial charge in [0.25, 0.3) is 0 Å². The third-order valence-electron chi connectivity index (χ3n) is 2.84. The summed E-state index contributed by atoms with van der Waals surface area (Å²) in [5.41, 5.74) is 1.07. The highest BCUT2D eigenvalue weighted by Crippen LogP contribution is 2.21. The Morgan fingerprint density at radius 1 is 1.33 bits per heavy atom. The zero-order valence-electron chi connectivity index (χ0n) is 9.73. The SMILES string of the molecule is CCC[C@H](C)C(=O)[C@@H](C)c1ccncc1. The molecule has 0 amide bonds. The first-order valence-corrected chi connectivity index (χ1v) is 5.60. The third kappa shape index (κ3) is 3.15. The molecule has 82 valence electrons. The highest BCUT2D eigenvalue weighted by Gasteiger charge is 2.20. The molecular formula is C13H19NO. The molecule has 1 aromatic rings. The van der Waals surface area contributed by atoms with Crippen LogP contribution in [0.2, 0.25) is 0 Å². The van der Waals surface area contributed by atoms with Crippen molar-refractivity contribution in [2.24, 2.45) is 5.92 Å². The molecular weight excluding hydrogens is 186 g/mol. The molecule has 0 radical (unpaired) electrons. The second kappa shape index (κ2) is 5.64. The third-order valence-corrected chi connectivity index (χ3v) is 2.84. The van der Waals surface area contributed by atoms with Gasteiger partial charge in [-0.05, 0) is 24.1 Å². The molecule has 0 aromatic carbocycles. The van der Waals surface area contributed by atoms with Gasteiger partial charge < -0.3 is 0 Å². The van der Waals surface area contributed by atoms with E-state index in [9.17, 15) is 4.79 Å². The Morgan fingerprint density at radius 2 is 1.93 bits per heavy atom. The molecule has 0 fully saturated rings. The van der Waals surface area contributed by atoms with Crippen molar-refractivity contribution in [3.63, 3.8) is 0 Å². The fraction of sp³-hybridized carbons (Fsp3) is 0.538. The Labute approximate surface area is 91.7 Å². The van der Waals surface area contributed by atoms with Crippen molar-refractivity contribution in [3.05, 3.63) is 30.1 Å². The highest BCUT2D eigenvalue weighted by atomic mass is 16.1. The van der Waals surface area contributed by atoms with E-state index in [4.69, 9.17) is 0 Å². The number of carbonyl (C=O) groups is 1. The molecule has 0 aliphatic heterocycles. The summed E-state index contributed by atoms with van der Waals surface area (Å²) in [6, 6.07) is 3.84. The van der Waals surface area contributed by atoms with Crippen molar-refractivity contribution in [2.75, 3.05) is 0 Å². The Hall–Kier alpha value is -1.18. The molecule has 1 rings (SSSR count). The van der Waals surface area contributed by atoms with E-state index in [1.54, 1.807) is 12.4 Å². The molecule has 2 heteroatoms. The minimum absolute atomic E-state index is 0.00505. The second-order valence-corrected chi connectivity index (χ2v) is 4.09. The van der Waals surface area contributed by atoms with Crippen LogP contribution in [0.25, 0.3) is 0 Å². The number of Topliss-reactive ketones (excluding diaryl/α,β-unsaturated/α-hetero) is 1.